The molecule has 2 aromatic carbocycles. The maximum atomic E-state index is 12.6. The summed E-state index contributed by atoms with van der Waals surface area (Å²) in [6, 6.07) is 9.24. The number of halogens is 2. The highest BCUT2D eigenvalue weighted by molar-refractivity contribution is 7.92. The molecule has 0 saturated carbocycles. The zero-order valence-corrected chi connectivity index (χ0v) is 19.0. The van der Waals surface area contributed by atoms with Crippen molar-refractivity contribution in [2.75, 3.05) is 23.7 Å². The van der Waals surface area contributed by atoms with Gasteiger partial charge in [0.2, 0.25) is 15.9 Å². The molecule has 9 heteroatoms. The Labute approximate surface area is 181 Å². The van der Waals surface area contributed by atoms with Gasteiger partial charge < -0.3 is 10.1 Å². The molecule has 0 aromatic heterocycles. The van der Waals surface area contributed by atoms with Crippen LogP contribution >= 0.6 is 23.2 Å². The van der Waals surface area contributed by atoms with Crippen molar-refractivity contribution >= 4 is 44.8 Å². The lowest BCUT2D eigenvalue weighted by Crippen LogP contribution is -2.48. The summed E-state index contributed by atoms with van der Waals surface area (Å²) >= 11 is 12.0. The number of nitrogens with zero attached hydrogens (tertiary/aromatic N) is 1. The van der Waals surface area contributed by atoms with Gasteiger partial charge in [-0.25, -0.2) is 8.42 Å². The van der Waals surface area contributed by atoms with E-state index in [1.165, 1.54) is 25.1 Å². The monoisotopic (exact) mass is 458 g/mol. The van der Waals surface area contributed by atoms with E-state index in [-0.39, 0.29) is 28.9 Å². The van der Waals surface area contributed by atoms with Gasteiger partial charge in [-0.3, -0.25) is 9.10 Å². The summed E-state index contributed by atoms with van der Waals surface area (Å²) in [5.41, 5.74) is 2.39. The molecule has 1 N–H and O–H groups in total. The number of nitrogens with one attached hydrogen (secondary N) is 1. The molecule has 2 rings (SSSR count). The van der Waals surface area contributed by atoms with Crippen molar-refractivity contribution in [1.29, 1.82) is 0 Å². The fourth-order valence-corrected chi connectivity index (χ4v) is 4.66. The van der Waals surface area contributed by atoms with Gasteiger partial charge in [-0.05, 0) is 62.2 Å². The van der Waals surface area contributed by atoms with Crippen LogP contribution in [0.25, 0.3) is 0 Å². The van der Waals surface area contributed by atoms with Gasteiger partial charge in [-0.2, -0.15) is 0 Å². The van der Waals surface area contributed by atoms with Crippen molar-refractivity contribution in [3.63, 3.8) is 0 Å². The minimum atomic E-state index is -3.75. The first-order valence-corrected chi connectivity index (χ1v) is 11.5. The third-order valence-corrected chi connectivity index (χ3v) is 5.73. The van der Waals surface area contributed by atoms with Crippen molar-refractivity contribution in [2.24, 2.45) is 0 Å². The number of sulfonamides is 1. The molecule has 0 fully saturated rings. The van der Waals surface area contributed by atoms with Crippen LogP contribution in [0.15, 0.2) is 36.4 Å². The van der Waals surface area contributed by atoms with Crippen molar-refractivity contribution in [2.45, 2.75) is 26.8 Å². The van der Waals surface area contributed by atoms with Gasteiger partial charge >= 0.3 is 0 Å². The van der Waals surface area contributed by atoms with Crippen molar-refractivity contribution in [3.05, 3.63) is 57.6 Å². The van der Waals surface area contributed by atoms with E-state index in [1.54, 1.807) is 0 Å². The van der Waals surface area contributed by atoms with Gasteiger partial charge in [0.25, 0.3) is 0 Å². The van der Waals surface area contributed by atoms with Gasteiger partial charge in [-0.1, -0.05) is 29.3 Å². The summed E-state index contributed by atoms with van der Waals surface area (Å²) in [5.74, 6) is 0.256. The van der Waals surface area contributed by atoms with E-state index >= 15 is 0 Å². The Morgan fingerprint density at radius 2 is 1.62 bits per heavy atom. The predicted octanol–water partition coefficient (Wildman–Crippen LogP) is 3.96. The smallest absolute Gasteiger partial charge is 0.243 e. The highest BCUT2D eigenvalue weighted by atomic mass is 35.5. The molecular formula is C20H24Cl2N2O4S. The molecule has 0 spiro atoms. The van der Waals surface area contributed by atoms with E-state index in [2.05, 4.69) is 5.32 Å². The number of aryl methyl sites for hydroxylation is 2. The first-order valence-electron chi connectivity index (χ1n) is 8.91. The molecule has 158 valence electrons. The highest BCUT2D eigenvalue weighted by Gasteiger charge is 2.29. The lowest BCUT2D eigenvalue weighted by atomic mass is 10.1. The van der Waals surface area contributed by atoms with Crippen molar-refractivity contribution < 1.29 is 17.9 Å². The lowest BCUT2D eigenvalue weighted by Gasteiger charge is -2.28. The van der Waals surface area contributed by atoms with E-state index in [0.29, 0.717) is 0 Å². The normalized spacial score (nSPS) is 12.3. The summed E-state index contributed by atoms with van der Waals surface area (Å²) in [6.07, 6.45) is 1.02. The molecular weight excluding hydrogens is 435 g/mol. The number of hydrogen-bond acceptors (Lipinski definition) is 4. The van der Waals surface area contributed by atoms with Gasteiger partial charge in [-0.15, -0.1) is 0 Å². The number of carbonyl (C=O) groups is 1. The second-order valence-electron chi connectivity index (χ2n) is 6.83. The zero-order chi connectivity index (χ0) is 21.8. The molecule has 6 nitrogen and oxygen atoms in total. The van der Waals surface area contributed by atoms with Crippen molar-refractivity contribution in [1.82, 2.24) is 5.32 Å². The van der Waals surface area contributed by atoms with E-state index in [9.17, 15) is 13.2 Å². The van der Waals surface area contributed by atoms with Gasteiger partial charge in [0, 0.05) is 10.0 Å². The summed E-state index contributed by atoms with van der Waals surface area (Å²) in [5, 5.41) is 3.24. The SMILES string of the molecule is Cc1cc(C)cc(OCCNC(=O)[C@H](C)N(c2cc(Cl)cc(Cl)c2)S(C)(=O)=O)c1. The third-order valence-electron chi connectivity index (χ3n) is 4.06. The van der Waals surface area contributed by atoms with Crippen LogP contribution in [0.4, 0.5) is 5.69 Å². The first kappa shape index (κ1) is 23.3. The second kappa shape index (κ2) is 9.69. The minimum Gasteiger partial charge on any atom is -0.492 e. The van der Waals surface area contributed by atoms with Crippen LogP contribution in [0, 0.1) is 13.8 Å². The van der Waals surface area contributed by atoms with Crippen LogP contribution < -0.4 is 14.4 Å². The Bertz CT molecular complexity index is 955. The first-order chi connectivity index (χ1) is 13.5. The Morgan fingerprint density at radius 3 is 2.14 bits per heavy atom. The molecule has 2 aromatic rings. The third kappa shape index (κ3) is 6.80. The summed E-state index contributed by atoms with van der Waals surface area (Å²) < 4.78 is 31.3. The average molecular weight is 459 g/mol. The topological polar surface area (TPSA) is 75.7 Å². The quantitative estimate of drug-likeness (QED) is 0.607. The molecule has 29 heavy (non-hydrogen) atoms. The van der Waals surface area contributed by atoms with Crippen LogP contribution in [0.2, 0.25) is 10.0 Å². The van der Waals surface area contributed by atoms with E-state index in [4.69, 9.17) is 27.9 Å². The average Bonchev–Trinajstić information content (AvgIpc) is 2.55. The molecule has 1 amide bonds. The number of carbonyl (C=O) groups excluding carboxylic acids is 1. The van der Waals surface area contributed by atoms with Gasteiger partial charge in [0.05, 0.1) is 18.5 Å². The maximum Gasteiger partial charge on any atom is 0.243 e. The largest absolute Gasteiger partial charge is 0.492 e. The number of rotatable bonds is 8. The zero-order valence-electron chi connectivity index (χ0n) is 16.7. The summed E-state index contributed by atoms with van der Waals surface area (Å²) in [4.78, 5) is 12.6. The van der Waals surface area contributed by atoms with Crippen LogP contribution in [0.1, 0.15) is 18.1 Å². The molecule has 0 heterocycles. The maximum absolute atomic E-state index is 12.6. The molecule has 0 bridgehead atoms. The summed E-state index contributed by atoms with van der Waals surface area (Å²) in [7, 11) is -3.75. The van der Waals surface area contributed by atoms with Crippen molar-refractivity contribution in [3.8, 4) is 5.75 Å². The fourth-order valence-electron chi connectivity index (χ4n) is 2.98. The minimum absolute atomic E-state index is 0.221. The van der Waals surface area contributed by atoms with Crippen LogP contribution in [0.5, 0.6) is 5.75 Å². The standard InChI is InChI=1S/C20H24Cl2N2O4S/c1-13-7-14(2)9-19(8-13)28-6-5-23-20(25)15(3)24(29(4,26)27)18-11-16(21)10-17(22)12-18/h7-12,15H,5-6H2,1-4H3,(H,23,25)/t15-/m0/s1. The summed E-state index contributed by atoms with van der Waals surface area (Å²) in [6.45, 7) is 5.93. The number of hydrogen-bond donors (Lipinski definition) is 1. The molecule has 0 unspecified atom stereocenters. The van der Waals surface area contributed by atoms with E-state index < -0.39 is 22.0 Å². The van der Waals surface area contributed by atoms with E-state index in [1.807, 2.05) is 32.0 Å². The van der Waals surface area contributed by atoms with Gasteiger partial charge in [0.15, 0.2) is 0 Å². The Kier molecular flexibility index (Phi) is 7.80. The fraction of sp³-hybridized carbons (Fsp3) is 0.350. The Hall–Kier alpha value is -1.96. The molecule has 0 aliphatic heterocycles. The molecule has 1 atom stereocenters. The molecule has 0 aliphatic carbocycles. The Morgan fingerprint density at radius 1 is 1.07 bits per heavy atom. The van der Waals surface area contributed by atoms with Crippen LogP contribution in [-0.2, 0) is 14.8 Å². The Balaban J connectivity index is 2.03. The molecule has 0 radical (unpaired) electrons. The number of ether oxygens (including phenoxy) is 1. The number of anilines is 1. The molecule has 0 saturated heterocycles. The van der Waals surface area contributed by atoms with Gasteiger partial charge in [0.1, 0.15) is 18.4 Å². The second-order valence-corrected chi connectivity index (χ2v) is 9.56. The van der Waals surface area contributed by atoms with Crippen LogP contribution in [0.3, 0.4) is 0 Å². The van der Waals surface area contributed by atoms with E-state index in [0.717, 1.165) is 27.4 Å². The number of benzene rings is 2. The van der Waals surface area contributed by atoms with Crippen LogP contribution in [-0.4, -0.2) is 39.8 Å². The predicted molar refractivity (Wildman–Crippen MR) is 118 cm³/mol. The molecule has 0 aliphatic rings. The number of amides is 1. The lowest BCUT2D eigenvalue weighted by molar-refractivity contribution is -0.121. The highest BCUT2D eigenvalue weighted by Crippen LogP contribution is 2.28.